The summed E-state index contributed by atoms with van der Waals surface area (Å²) in [5.74, 6) is 0. The molecule has 5 heteroatoms. The molecule has 28 heavy (non-hydrogen) atoms. The van der Waals surface area contributed by atoms with Gasteiger partial charge in [0.2, 0.25) is 0 Å². The molecular formula is C23H38N2Si2W-2. The van der Waals surface area contributed by atoms with E-state index in [1.807, 2.05) is 36.4 Å². The average molecular weight is 583 g/mol. The Kier molecular flexibility index (Phi) is 13.8. The second kappa shape index (κ2) is 14.2. The minimum Gasteiger partial charge on any atom is -0.342 e. The normalized spacial score (nSPS) is 10.8. The van der Waals surface area contributed by atoms with E-state index in [-0.39, 0.29) is 0 Å². The third-order valence-electron chi connectivity index (χ3n) is 2.58. The van der Waals surface area contributed by atoms with Crippen molar-refractivity contribution in [3.63, 3.8) is 0 Å². The molecule has 0 saturated heterocycles. The molecule has 0 aliphatic rings. The van der Waals surface area contributed by atoms with Gasteiger partial charge in [-0.1, -0.05) is 19.6 Å². The largest absolute Gasteiger partial charge is 0.342 e. The number of hydrogen-bond donors (Lipinski definition) is 0. The third-order valence-corrected chi connectivity index (χ3v) is 13.3. The van der Waals surface area contributed by atoms with Crippen LogP contribution in [-0.2, 0) is 24.5 Å². The molecule has 0 spiro atoms. The summed E-state index contributed by atoms with van der Waals surface area (Å²) in [4.78, 5) is 2.13. The zero-order valence-electron chi connectivity index (χ0n) is 19.0. The van der Waals surface area contributed by atoms with Gasteiger partial charge in [0.25, 0.3) is 0 Å². The van der Waals surface area contributed by atoms with Crippen molar-refractivity contribution in [2.45, 2.75) is 45.8 Å². The molecule has 156 valence electrons. The van der Waals surface area contributed by atoms with Gasteiger partial charge >= 0.3 is 89.2 Å². The van der Waals surface area contributed by atoms with Crippen LogP contribution in [0, 0.1) is 12.6 Å². The van der Waals surface area contributed by atoms with E-state index in [9.17, 15) is 0 Å². The Morgan fingerprint density at radius 2 is 1.50 bits per heavy atom. The van der Waals surface area contributed by atoms with Crippen LogP contribution in [0.1, 0.15) is 5.56 Å². The standard InChI is InChI=1S/C9H12N.C6H5N.C4H11Si.C4H10Si.W/c1-10(2)8-9-6-4-3-5-7-9;7-6-4-2-1-3-5-6;2*1-5(2,3)4;/h3-6H,8H2,1-2H3;1-5H;1H2,2-4H3;1H,2-4H3;/q-1;;-1;;. The van der Waals surface area contributed by atoms with E-state index in [4.69, 9.17) is 0 Å². The molecule has 0 amide bonds. The quantitative estimate of drug-likeness (QED) is 0.297. The van der Waals surface area contributed by atoms with Gasteiger partial charge in [0, 0.05) is 6.54 Å². The van der Waals surface area contributed by atoms with Crippen LogP contribution in [0.25, 0.3) is 0 Å². The smallest absolute Gasteiger partial charge is 0.0951 e. The summed E-state index contributed by atoms with van der Waals surface area (Å²) in [6, 6.07) is 21.5. The summed E-state index contributed by atoms with van der Waals surface area (Å²) >= 11 is -0.567. The van der Waals surface area contributed by atoms with Crippen molar-refractivity contribution in [2.24, 2.45) is 3.50 Å². The molecule has 0 fully saturated rings. The summed E-state index contributed by atoms with van der Waals surface area (Å²) in [5, 5.41) is 0. The molecular weight excluding hydrogens is 544 g/mol. The van der Waals surface area contributed by atoms with Crippen LogP contribution in [0.5, 0.6) is 0 Å². The molecule has 0 aliphatic heterocycles. The molecule has 0 bridgehead atoms. The summed E-state index contributed by atoms with van der Waals surface area (Å²) in [5.41, 5.74) is 2.40. The monoisotopic (exact) mass is 582 g/mol. The van der Waals surface area contributed by atoms with E-state index in [1.165, 1.54) is 5.56 Å². The van der Waals surface area contributed by atoms with E-state index in [1.54, 1.807) is 0 Å². The molecule has 0 aliphatic carbocycles. The Morgan fingerprint density at radius 1 is 0.964 bits per heavy atom. The molecule has 0 heterocycles. The van der Waals surface area contributed by atoms with Gasteiger partial charge in [-0.05, 0) is 14.1 Å². The summed E-state index contributed by atoms with van der Waals surface area (Å²) in [7, 11) is 2.30. The first-order valence-electron chi connectivity index (χ1n) is 9.59. The number of rotatable bonds is 4. The molecule has 2 aromatic rings. The second-order valence-corrected chi connectivity index (χ2v) is 23.2. The van der Waals surface area contributed by atoms with Crippen LogP contribution in [-0.4, -0.2) is 39.2 Å². The van der Waals surface area contributed by atoms with Crippen LogP contribution < -0.4 is 0 Å². The summed E-state index contributed by atoms with van der Waals surface area (Å²) in [6.45, 7) is 18.6. The van der Waals surface area contributed by atoms with Crippen LogP contribution in [0.3, 0.4) is 0 Å². The maximum Gasteiger partial charge on any atom is -0.0951 e. The Bertz CT molecular complexity index is 691. The van der Waals surface area contributed by atoms with Gasteiger partial charge in [0.1, 0.15) is 0 Å². The molecule has 0 aromatic heterocycles. The van der Waals surface area contributed by atoms with Crippen molar-refractivity contribution in [1.82, 2.24) is 4.90 Å². The average Bonchev–Trinajstić information content (AvgIpc) is 2.54. The number of nitrogens with zero attached hydrogens (tertiary/aromatic N) is 2. The molecule has 0 unspecified atom stereocenters. The minimum absolute atomic E-state index is 0.567. The Morgan fingerprint density at radius 3 is 1.93 bits per heavy atom. The number of benzene rings is 2. The minimum atomic E-state index is -0.956. The van der Waals surface area contributed by atoms with Gasteiger partial charge in [0.15, 0.2) is 0 Å². The molecule has 2 aromatic carbocycles. The fraction of sp³-hybridized carbons (Fsp3) is 0.391. The fourth-order valence-corrected chi connectivity index (χ4v) is 6.82. The molecule has 0 radical (unpaired) electrons. The van der Waals surface area contributed by atoms with E-state index in [2.05, 4.69) is 96.6 Å². The first kappa shape index (κ1) is 27.2. The van der Waals surface area contributed by atoms with Gasteiger partial charge < -0.3 is 11.4 Å². The predicted octanol–water partition coefficient (Wildman–Crippen LogP) is 6.51. The Balaban J connectivity index is 0.000000431. The SMILES string of the molecule is CN(C)Cc1[c-]cccc1.C[Si](C)(C)[CH]=[W]=[N]c1ccccc1.[CH2-][Si](C)(C)C. The van der Waals surface area contributed by atoms with Crippen LogP contribution in [0.4, 0.5) is 5.69 Å². The first-order chi connectivity index (χ1) is 12.9. The van der Waals surface area contributed by atoms with Crippen molar-refractivity contribution in [2.75, 3.05) is 14.1 Å². The van der Waals surface area contributed by atoms with Crippen molar-refractivity contribution in [1.29, 1.82) is 0 Å². The van der Waals surface area contributed by atoms with E-state index in [0.717, 1.165) is 12.2 Å². The van der Waals surface area contributed by atoms with Crippen molar-refractivity contribution >= 4 is 25.9 Å². The molecule has 2 nitrogen and oxygen atoms in total. The molecule has 2 rings (SSSR count). The van der Waals surface area contributed by atoms with Gasteiger partial charge in [0.05, 0.1) is 0 Å². The summed E-state index contributed by atoms with van der Waals surface area (Å²) in [6.07, 6.45) is 0. The Hall–Kier alpha value is -0.808. The van der Waals surface area contributed by atoms with Gasteiger partial charge in [-0.25, -0.2) is 0 Å². The molecule has 0 atom stereocenters. The van der Waals surface area contributed by atoms with Gasteiger partial charge in [-0.15, -0.1) is 13.6 Å². The maximum atomic E-state index is 4.64. The zero-order chi connectivity index (χ0) is 21.6. The topological polar surface area (TPSA) is 15.6 Å². The maximum absolute atomic E-state index is 4.64. The van der Waals surface area contributed by atoms with Gasteiger partial charge in [-0.2, -0.15) is 30.3 Å². The summed E-state index contributed by atoms with van der Waals surface area (Å²) < 4.78 is 7.17. The van der Waals surface area contributed by atoms with Crippen LogP contribution in [0.2, 0.25) is 39.3 Å². The number of hydrogen-bond acceptors (Lipinski definition) is 2. The second-order valence-electron chi connectivity index (χ2n) is 9.20. The van der Waals surface area contributed by atoms with Crippen molar-refractivity contribution < 1.29 is 17.9 Å². The first-order valence-corrected chi connectivity index (χ1v) is 19.9. The van der Waals surface area contributed by atoms with Crippen molar-refractivity contribution in [3.05, 3.63) is 72.8 Å². The van der Waals surface area contributed by atoms with Crippen LogP contribution >= 0.6 is 0 Å². The Labute approximate surface area is 184 Å². The molecule has 0 saturated carbocycles. The molecule has 0 N–H and O–H groups in total. The van der Waals surface area contributed by atoms with Crippen molar-refractivity contribution in [3.8, 4) is 0 Å². The van der Waals surface area contributed by atoms with E-state index < -0.39 is 34.1 Å². The van der Waals surface area contributed by atoms with E-state index >= 15 is 0 Å². The fourth-order valence-electron chi connectivity index (χ4n) is 1.60. The van der Waals surface area contributed by atoms with E-state index in [0.29, 0.717) is 0 Å². The van der Waals surface area contributed by atoms with Gasteiger partial charge in [-0.3, -0.25) is 0 Å². The zero-order valence-corrected chi connectivity index (χ0v) is 23.9. The van der Waals surface area contributed by atoms with Crippen LogP contribution in [0.15, 0.2) is 58.1 Å². The third kappa shape index (κ3) is 21.5. The predicted molar refractivity (Wildman–Crippen MR) is 129 cm³/mol.